The summed E-state index contributed by atoms with van der Waals surface area (Å²) >= 11 is 0. The maximum absolute atomic E-state index is 12.3. The molecule has 1 aliphatic rings. The van der Waals surface area contributed by atoms with Crippen LogP contribution in [-0.4, -0.2) is 26.0 Å². The van der Waals surface area contributed by atoms with E-state index in [1.54, 1.807) is 0 Å². The highest BCUT2D eigenvalue weighted by Gasteiger charge is 2.27. The zero-order valence-electron chi connectivity index (χ0n) is 10.5. The van der Waals surface area contributed by atoms with Gasteiger partial charge in [0, 0.05) is 12.3 Å². The Morgan fingerprint density at radius 2 is 1.89 bits per heavy atom. The van der Waals surface area contributed by atoms with Crippen molar-refractivity contribution in [3.8, 4) is 11.6 Å². The molecule has 1 saturated carbocycles. The Bertz CT molecular complexity index is 454. The van der Waals surface area contributed by atoms with Gasteiger partial charge in [0.15, 0.2) is 11.5 Å². The van der Waals surface area contributed by atoms with E-state index in [4.69, 9.17) is 0 Å². The van der Waals surface area contributed by atoms with E-state index in [0.29, 0.717) is 12.2 Å². The van der Waals surface area contributed by atoms with E-state index in [1.807, 2.05) is 6.92 Å². The summed E-state index contributed by atoms with van der Waals surface area (Å²) in [6.07, 6.45) is 5.42. The number of rotatable bonds is 3. The highest BCUT2D eigenvalue weighted by atomic mass is 16.3. The molecule has 1 aliphatic carbocycles. The first kappa shape index (κ1) is 12.8. The summed E-state index contributed by atoms with van der Waals surface area (Å²) in [5.41, 5.74) is -0.0220. The van der Waals surface area contributed by atoms with Crippen molar-refractivity contribution in [2.45, 2.75) is 45.4 Å². The van der Waals surface area contributed by atoms with Gasteiger partial charge in [0.25, 0.3) is 5.88 Å². The fourth-order valence-corrected chi connectivity index (χ4v) is 2.38. The van der Waals surface area contributed by atoms with Gasteiger partial charge in [0.05, 0.1) is 0 Å². The topological polar surface area (TPSA) is 83.3 Å². The van der Waals surface area contributed by atoms with Crippen LogP contribution in [0.3, 0.4) is 0 Å². The fraction of sp³-hybridized carbons (Fsp3) is 0.615. The minimum Gasteiger partial charge on any atom is -0.502 e. The lowest BCUT2D eigenvalue weighted by Crippen LogP contribution is -2.20. The molecule has 2 N–H and O–H groups in total. The first-order chi connectivity index (χ1) is 8.63. The third-order valence-electron chi connectivity index (χ3n) is 3.44. The summed E-state index contributed by atoms with van der Waals surface area (Å²) in [7, 11) is 0. The van der Waals surface area contributed by atoms with Crippen LogP contribution in [0.15, 0.2) is 0 Å². The van der Waals surface area contributed by atoms with E-state index in [2.05, 4.69) is 9.97 Å². The number of hydrogen-bond donors (Lipinski definition) is 2. The van der Waals surface area contributed by atoms with Crippen molar-refractivity contribution in [3.05, 3.63) is 11.5 Å². The van der Waals surface area contributed by atoms with Crippen LogP contribution in [0.1, 0.15) is 55.3 Å². The summed E-state index contributed by atoms with van der Waals surface area (Å²) in [4.78, 5) is 20.1. The minimum absolute atomic E-state index is 0.0220. The van der Waals surface area contributed by atoms with Crippen LogP contribution >= 0.6 is 0 Å². The second-order valence-electron chi connectivity index (χ2n) is 4.71. The maximum Gasteiger partial charge on any atom is 0.258 e. The number of ketones is 1. The lowest BCUT2D eigenvalue weighted by atomic mass is 9.85. The first-order valence-corrected chi connectivity index (χ1v) is 6.46. The first-order valence-electron chi connectivity index (χ1n) is 6.46. The Labute approximate surface area is 106 Å². The zero-order chi connectivity index (χ0) is 13.1. The number of carbonyl (C=O) groups is 1. The van der Waals surface area contributed by atoms with Crippen molar-refractivity contribution in [1.29, 1.82) is 0 Å². The summed E-state index contributed by atoms with van der Waals surface area (Å²) in [6.45, 7) is 1.83. The Balaban J connectivity index is 2.31. The molecular weight excluding hydrogens is 232 g/mol. The van der Waals surface area contributed by atoms with Crippen molar-refractivity contribution >= 4 is 5.78 Å². The molecule has 0 unspecified atom stereocenters. The lowest BCUT2D eigenvalue weighted by Gasteiger charge is -2.20. The zero-order valence-corrected chi connectivity index (χ0v) is 10.5. The molecule has 0 bridgehead atoms. The molecule has 0 atom stereocenters. The molecule has 0 aliphatic heterocycles. The summed E-state index contributed by atoms with van der Waals surface area (Å²) in [5, 5.41) is 19.2. The Morgan fingerprint density at radius 3 is 2.50 bits per heavy atom. The van der Waals surface area contributed by atoms with Crippen molar-refractivity contribution in [2.75, 3.05) is 0 Å². The maximum atomic E-state index is 12.3. The molecule has 0 spiro atoms. The van der Waals surface area contributed by atoms with Crippen LogP contribution < -0.4 is 0 Å². The van der Waals surface area contributed by atoms with Crippen LogP contribution in [0.25, 0.3) is 0 Å². The number of nitrogens with zero attached hydrogens (tertiary/aromatic N) is 2. The highest BCUT2D eigenvalue weighted by Crippen LogP contribution is 2.32. The highest BCUT2D eigenvalue weighted by molar-refractivity contribution is 5.98. The molecule has 1 heterocycles. The van der Waals surface area contributed by atoms with Gasteiger partial charge < -0.3 is 10.2 Å². The van der Waals surface area contributed by atoms with Gasteiger partial charge in [-0.25, -0.2) is 4.98 Å². The normalized spacial score (nSPS) is 16.7. The Kier molecular flexibility index (Phi) is 3.79. The number of aromatic hydroxyl groups is 2. The van der Waals surface area contributed by atoms with E-state index < -0.39 is 11.6 Å². The van der Waals surface area contributed by atoms with Crippen LogP contribution in [0.5, 0.6) is 11.6 Å². The van der Waals surface area contributed by atoms with Crippen LogP contribution in [0.4, 0.5) is 0 Å². The molecule has 0 aromatic carbocycles. The van der Waals surface area contributed by atoms with Crippen molar-refractivity contribution < 1.29 is 15.0 Å². The number of aromatic nitrogens is 2. The van der Waals surface area contributed by atoms with Gasteiger partial charge in [-0.3, -0.25) is 4.79 Å². The predicted octanol–water partition coefficient (Wildman–Crippen LogP) is 2.21. The van der Waals surface area contributed by atoms with E-state index in [1.165, 1.54) is 0 Å². The van der Waals surface area contributed by atoms with E-state index in [0.717, 1.165) is 32.1 Å². The fourth-order valence-electron chi connectivity index (χ4n) is 2.38. The molecular formula is C13H18N2O3. The van der Waals surface area contributed by atoms with Gasteiger partial charge in [0.2, 0.25) is 5.75 Å². The molecule has 18 heavy (non-hydrogen) atoms. The molecule has 98 valence electrons. The third-order valence-corrected chi connectivity index (χ3v) is 3.44. The predicted molar refractivity (Wildman–Crippen MR) is 65.6 cm³/mol. The molecule has 0 amide bonds. The minimum atomic E-state index is -0.499. The van der Waals surface area contributed by atoms with Crippen molar-refractivity contribution in [3.63, 3.8) is 0 Å². The van der Waals surface area contributed by atoms with Crippen LogP contribution in [0, 0.1) is 5.92 Å². The largest absolute Gasteiger partial charge is 0.502 e. The number of carbonyl (C=O) groups excluding carboxylic acids is 1. The monoisotopic (exact) mass is 250 g/mol. The molecule has 5 nitrogen and oxygen atoms in total. The molecule has 1 aromatic heterocycles. The Hall–Kier alpha value is -1.65. The molecule has 1 aromatic rings. The van der Waals surface area contributed by atoms with Gasteiger partial charge in [-0.1, -0.05) is 26.2 Å². The van der Waals surface area contributed by atoms with Gasteiger partial charge in [-0.15, -0.1) is 0 Å². The number of aryl methyl sites for hydroxylation is 1. The van der Waals surface area contributed by atoms with Crippen LogP contribution in [-0.2, 0) is 6.42 Å². The molecule has 0 saturated heterocycles. The summed E-state index contributed by atoms with van der Waals surface area (Å²) in [6, 6.07) is 0. The average Bonchev–Trinajstić information content (AvgIpc) is 2.42. The second-order valence-corrected chi connectivity index (χ2v) is 4.71. The quantitative estimate of drug-likeness (QED) is 0.803. The molecule has 5 heteroatoms. The van der Waals surface area contributed by atoms with Gasteiger partial charge in [-0.05, 0) is 12.8 Å². The van der Waals surface area contributed by atoms with Gasteiger partial charge in [-0.2, -0.15) is 4.98 Å². The molecule has 0 radical (unpaired) electrons. The average molecular weight is 250 g/mol. The lowest BCUT2D eigenvalue weighted by molar-refractivity contribution is 0.0879. The third kappa shape index (κ3) is 2.44. The Morgan fingerprint density at radius 1 is 1.22 bits per heavy atom. The molecule has 1 fully saturated rings. The smallest absolute Gasteiger partial charge is 0.258 e. The SMILES string of the molecule is CCc1nc(O)c(O)c(C(=O)C2CCCCC2)n1. The van der Waals surface area contributed by atoms with E-state index >= 15 is 0 Å². The molecule has 2 rings (SSSR count). The van der Waals surface area contributed by atoms with Gasteiger partial charge >= 0.3 is 0 Å². The summed E-state index contributed by atoms with van der Waals surface area (Å²) in [5.74, 6) is -0.850. The van der Waals surface area contributed by atoms with E-state index in [9.17, 15) is 15.0 Å². The van der Waals surface area contributed by atoms with Gasteiger partial charge in [0.1, 0.15) is 5.82 Å². The van der Waals surface area contributed by atoms with Crippen LogP contribution in [0.2, 0.25) is 0 Å². The summed E-state index contributed by atoms with van der Waals surface area (Å²) < 4.78 is 0. The van der Waals surface area contributed by atoms with Crippen molar-refractivity contribution in [1.82, 2.24) is 9.97 Å². The standard InChI is InChI=1S/C13H18N2O3/c1-2-9-14-10(12(17)13(18)15-9)11(16)8-6-4-3-5-7-8/h8,17H,2-7H2,1H3,(H,14,15,18). The van der Waals surface area contributed by atoms with E-state index in [-0.39, 0.29) is 17.4 Å². The second kappa shape index (κ2) is 5.33. The number of hydrogen-bond acceptors (Lipinski definition) is 5. The number of Topliss-reactive ketones (excluding diaryl/α,β-unsaturated/α-hetero) is 1. The van der Waals surface area contributed by atoms with Crippen molar-refractivity contribution in [2.24, 2.45) is 5.92 Å².